The molecule has 7 N–H and O–H groups in total. The molecule has 0 radical (unpaired) electrons. The molecular weight excluding hydrogens is 568 g/mol. The molecule has 5 amide bonds. The number of fused-ring (bicyclic) bond motifs is 2. The molecule has 1 aliphatic rings. The van der Waals surface area contributed by atoms with Crippen LogP contribution in [0.15, 0.2) is 48.5 Å². The molecule has 15 heteroatoms. The van der Waals surface area contributed by atoms with E-state index in [2.05, 4.69) is 33.1 Å². The van der Waals surface area contributed by atoms with Gasteiger partial charge in [0, 0.05) is 30.6 Å². The average Bonchev–Trinajstić information content (AvgIpc) is 2.95. The van der Waals surface area contributed by atoms with Gasteiger partial charge in [-0.2, -0.15) is 8.42 Å². The van der Waals surface area contributed by atoms with E-state index in [1.165, 1.54) is 4.90 Å². The van der Waals surface area contributed by atoms with Crippen molar-refractivity contribution in [3.63, 3.8) is 0 Å². The van der Waals surface area contributed by atoms with E-state index < -0.39 is 58.6 Å². The molecule has 0 aromatic heterocycles. The van der Waals surface area contributed by atoms with Gasteiger partial charge in [-0.25, -0.2) is 0 Å². The zero-order chi connectivity index (χ0) is 30.7. The highest BCUT2D eigenvalue weighted by Crippen LogP contribution is 2.25. The van der Waals surface area contributed by atoms with E-state index in [9.17, 15) is 36.9 Å². The maximum absolute atomic E-state index is 13.3. The number of hydrogen-bond donors (Lipinski definition) is 6. The van der Waals surface area contributed by atoms with E-state index in [4.69, 9.17) is 5.73 Å². The summed E-state index contributed by atoms with van der Waals surface area (Å²) < 4.78 is 33.2. The Hall–Kier alpha value is -4.78. The van der Waals surface area contributed by atoms with Gasteiger partial charge in [0.25, 0.3) is 10.1 Å². The van der Waals surface area contributed by atoms with Crippen LogP contribution in [0.4, 0.5) is 5.69 Å². The lowest BCUT2D eigenvalue weighted by molar-refractivity contribution is -0.127. The monoisotopic (exact) mass is 598 g/mol. The van der Waals surface area contributed by atoms with Crippen molar-refractivity contribution in [1.29, 1.82) is 0 Å². The summed E-state index contributed by atoms with van der Waals surface area (Å²) in [5.41, 5.74) is 7.93. The van der Waals surface area contributed by atoms with Crippen molar-refractivity contribution < 1.29 is 36.9 Å². The SMILES string of the molecule is NCC(=O)NCC(=O)NCC(=O)NCC(C(=O)NCCC(=O)N1Cc2ccccc2C#Cc2ccccc21)S(=O)(=O)O. The van der Waals surface area contributed by atoms with Crippen molar-refractivity contribution in [3.8, 4) is 11.8 Å². The first-order chi connectivity index (χ1) is 20.0. The summed E-state index contributed by atoms with van der Waals surface area (Å²) in [6.07, 6.45) is -0.201. The maximum atomic E-state index is 13.3. The summed E-state index contributed by atoms with van der Waals surface area (Å²) in [5, 5.41) is 6.76. The van der Waals surface area contributed by atoms with E-state index in [-0.39, 0.29) is 32.0 Å². The van der Waals surface area contributed by atoms with Crippen LogP contribution >= 0.6 is 0 Å². The topological polar surface area (TPSA) is 217 Å². The first-order valence-corrected chi connectivity index (χ1v) is 14.2. The van der Waals surface area contributed by atoms with Gasteiger partial charge in [0.05, 0.1) is 31.9 Å². The molecular formula is C27H30N6O8S. The number of nitrogens with two attached hydrogens (primary N) is 1. The summed E-state index contributed by atoms with van der Waals surface area (Å²) in [5.74, 6) is 2.55. The molecule has 3 rings (SSSR count). The van der Waals surface area contributed by atoms with Crippen LogP contribution in [0.1, 0.15) is 23.1 Å². The number of benzene rings is 2. The summed E-state index contributed by atoms with van der Waals surface area (Å²) >= 11 is 0. The number of carbonyl (C=O) groups is 5. The van der Waals surface area contributed by atoms with Crippen LogP contribution in [0.25, 0.3) is 0 Å². The Bertz CT molecular complexity index is 1530. The maximum Gasteiger partial charge on any atom is 0.278 e. The predicted octanol–water partition coefficient (Wildman–Crippen LogP) is -2.00. The molecule has 2 aromatic carbocycles. The summed E-state index contributed by atoms with van der Waals surface area (Å²) in [4.78, 5) is 62.1. The Balaban J connectivity index is 1.56. The van der Waals surface area contributed by atoms with Crippen LogP contribution in [-0.4, -0.2) is 80.5 Å². The zero-order valence-corrected chi connectivity index (χ0v) is 23.2. The fourth-order valence-electron chi connectivity index (χ4n) is 3.84. The van der Waals surface area contributed by atoms with Gasteiger partial charge in [-0.1, -0.05) is 42.2 Å². The number of amides is 5. The van der Waals surface area contributed by atoms with Crippen molar-refractivity contribution in [1.82, 2.24) is 21.3 Å². The number of para-hydroxylation sites is 1. The smallest absolute Gasteiger partial charge is 0.278 e. The normalized spacial score (nSPS) is 12.6. The average molecular weight is 599 g/mol. The molecule has 0 aliphatic carbocycles. The van der Waals surface area contributed by atoms with Gasteiger partial charge in [0.2, 0.25) is 29.5 Å². The van der Waals surface area contributed by atoms with Crippen LogP contribution in [0.2, 0.25) is 0 Å². The predicted molar refractivity (Wildman–Crippen MR) is 151 cm³/mol. The fourth-order valence-corrected chi connectivity index (χ4v) is 4.49. The first kappa shape index (κ1) is 31.7. The van der Waals surface area contributed by atoms with Crippen molar-refractivity contribution in [2.24, 2.45) is 5.73 Å². The van der Waals surface area contributed by atoms with E-state index in [1.54, 1.807) is 24.3 Å². The van der Waals surface area contributed by atoms with E-state index in [0.29, 0.717) is 11.3 Å². The number of anilines is 1. The standard InChI is InChI=1S/C27H30N6O8S/c28-13-23(34)31-15-25(36)32-16-24(35)30-14-22(42(39,40)41)27(38)29-12-11-26(37)33-17-20-7-2-1-5-18(20)9-10-19-6-3-4-8-21(19)33/h1-8,22H,11-17,28H2,(H,29,38)(H,30,35)(H,31,34)(H,32,36)(H,39,40,41). The third-order valence-electron chi connectivity index (χ3n) is 6.03. The highest BCUT2D eigenvalue weighted by atomic mass is 32.2. The quantitative estimate of drug-likeness (QED) is 0.117. The molecule has 0 spiro atoms. The Morgan fingerprint density at radius 2 is 1.45 bits per heavy atom. The van der Waals surface area contributed by atoms with E-state index >= 15 is 0 Å². The molecule has 42 heavy (non-hydrogen) atoms. The zero-order valence-electron chi connectivity index (χ0n) is 22.4. The molecule has 0 saturated heterocycles. The number of carbonyl (C=O) groups excluding carboxylic acids is 5. The summed E-state index contributed by atoms with van der Waals surface area (Å²) in [6.45, 7) is -2.17. The molecule has 1 atom stereocenters. The second-order valence-electron chi connectivity index (χ2n) is 9.01. The second kappa shape index (κ2) is 14.7. The first-order valence-electron chi connectivity index (χ1n) is 12.7. The van der Waals surface area contributed by atoms with Crippen LogP contribution in [-0.2, 0) is 40.6 Å². The molecule has 14 nitrogen and oxygen atoms in total. The largest absolute Gasteiger partial charge is 0.354 e. The second-order valence-corrected chi connectivity index (χ2v) is 10.6. The van der Waals surface area contributed by atoms with Crippen LogP contribution in [0, 0.1) is 11.8 Å². The minimum Gasteiger partial charge on any atom is -0.354 e. The molecule has 0 fully saturated rings. The fraction of sp³-hybridized carbons (Fsp3) is 0.296. The number of nitrogens with one attached hydrogen (secondary N) is 4. The summed E-state index contributed by atoms with van der Waals surface area (Å²) in [7, 11) is -4.95. The molecule has 2 aromatic rings. The van der Waals surface area contributed by atoms with Crippen molar-refractivity contribution in [2.45, 2.75) is 18.2 Å². The highest BCUT2D eigenvalue weighted by Gasteiger charge is 2.31. The molecule has 1 heterocycles. The van der Waals surface area contributed by atoms with Crippen molar-refractivity contribution in [3.05, 3.63) is 65.2 Å². The number of rotatable bonds is 12. The molecule has 0 saturated carbocycles. The van der Waals surface area contributed by atoms with Gasteiger partial charge in [0.1, 0.15) is 0 Å². The minimum absolute atomic E-state index is 0.201. The lowest BCUT2D eigenvalue weighted by atomic mass is 10.0. The van der Waals surface area contributed by atoms with Gasteiger partial charge in [-0.05, 0) is 23.8 Å². The third-order valence-corrected chi connectivity index (χ3v) is 7.13. The Labute approximate surface area is 242 Å². The van der Waals surface area contributed by atoms with Crippen molar-refractivity contribution in [2.75, 3.05) is 37.6 Å². The van der Waals surface area contributed by atoms with Gasteiger partial charge in [0.15, 0.2) is 5.25 Å². The molecule has 1 aliphatic heterocycles. The van der Waals surface area contributed by atoms with Crippen LogP contribution in [0.3, 0.4) is 0 Å². The van der Waals surface area contributed by atoms with Crippen LogP contribution in [0.5, 0.6) is 0 Å². The lowest BCUT2D eigenvalue weighted by Crippen LogP contribution is -2.49. The lowest BCUT2D eigenvalue weighted by Gasteiger charge is -2.26. The number of nitrogens with zero attached hydrogens (tertiary/aromatic N) is 1. The van der Waals surface area contributed by atoms with Gasteiger partial charge >= 0.3 is 0 Å². The van der Waals surface area contributed by atoms with E-state index in [0.717, 1.165) is 11.1 Å². The van der Waals surface area contributed by atoms with Crippen LogP contribution < -0.4 is 31.9 Å². The third kappa shape index (κ3) is 9.13. The molecule has 0 bridgehead atoms. The Kier molecular flexibility index (Phi) is 11.1. The molecule has 1 unspecified atom stereocenters. The number of hydrogen-bond acceptors (Lipinski definition) is 8. The van der Waals surface area contributed by atoms with Gasteiger partial charge < -0.3 is 31.9 Å². The van der Waals surface area contributed by atoms with E-state index in [1.807, 2.05) is 24.3 Å². The Morgan fingerprint density at radius 3 is 2.14 bits per heavy atom. The Morgan fingerprint density at radius 1 is 0.857 bits per heavy atom. The van der Waals surface area contributed by atoms with Gasteiger partial charge in [-0.3, -0.25) is 28.5 Å². The van der Waals surface area contributed by atoms with Crippen molar-refractivity contribution >= 4 is 45.3 Å². The van der Waals surface area contributed by atoms with Gasteiger partial charge in [-0.15, -0.1) is 0 Å². The highest BCUT2D eigenvalue weighted by molar-refractivity contribution is 7.87. The summed E-state index contributed by atoms with van der Waals surface area (Å²) in [6, 6.07) is 14.5. The molecule has 222 valence electrons. The minimum atomic E-state index is -4.95.